The van der Waals surface area contributed by atoms with E-state index in [4.69, 9.17) is 0 Å². The van der Waals surface area contributed by atoms with Gasteiger partial charge in [-0.15, -0.1) is 0 Å². The highest BCUT2D eigenvalue weighted by atomic mass is 15.2. The van der Waals surface area contributed by atoms with Crippen molar-refractivity contribution < 1.29 is 0 Å². The molecule has 2 aliphatic rings. The summed E-state index contributed by atoms with van der Waals surface area (Å²) in [7, 11) is 0. The van der Waals surface area contributed by atoms with Crippen LogP contribution in [0.3, 0.4) is 0 Å². The van der Waals surface area contributed by atoms with Crippen LogP contribution in [0.2, 0.25) is 0 Å². The Labute approximate surface area is 122 Å². The third-order valence-corrected chi connectivity index (χ3v) is 5.17. The van der Waals surface area contributed by atoms with Crippen LogP contribution >= 0.6 is 0 Å². The third kappa shape index (κ3) is 2.77. The average molecular weight is 276 g/mol. The van der Waals surface area contributed by atoms with Gasteiger partial charge in [0.1, 0.15) is 0 Å². The number of likely N-dealkylation sites (tertiary alicyclic amines) is 1. The summed E-state index contributed by atoms with van der Waals surface area (Å²) in [5.74, 6) is 0. The zero-order chi connectivity index (χ0) is 14.0. The maximum absolute atomic E-state index is 4.43. The summed E-state index contributed by atoms with van der Waals surface area (Å²) in [5.41, 5.74) is 1.67. The summed E-state index contributed by atoms with van der Waals surface area (Å²) in [5, 5.41) is 3.49. The van der Waals surface area contributed by atoms with Crippen LogP contribution < -0.4 is 5.32 Å². The third-order valence-electron chi connectivity index (χ3n) is 5.17. The first-order valence-electron chi connectivity index (χ1n) is 8.14. The summed E-state index contributed by atoms with van der Waals surface area (Å²) in [6.45, 7) is 10.6. The standard InChI is InChI=1S/C16H28N4/c1-14(19-8-4-3-5-9-19)11-20-13-18-10-15(20)16(2)6-7-17-12-16/h10,13-14,17H,3-9,11-12H2,1-2H3. The highest BCUT2D eigenvalue weighted by Crippen LogP contribution is 2.30. The molecule has 0 spiro atoms. The van der Waals surface area contributed by atoms with E-state index < -0.39 is 0 Å². The van der Waals surface area contributed by atoms with Gasteiger partial charge < -0.3 is 9.88 Å². The lowest BCUT2D eigenvalue weighted by molar-refractivity contribution is 0.158. The number of hydrogen-bond donors (Lipinski definition) is 1. The van der Waals surface area contributed by atoms with Gasteiger partial charge in [0.15, 0.2) is 0 Å². The molecule has 2 unspecified atom stereocenters. The first kappa shape index (κ1) is 14.1. The van der Waals surface area contributed by atoms with Crippen molar-refractivity contribution in [2.75, 3.05) is 26.2 Å². The van der Waals surface area contributed by atoms with Gasteiger partial charge in [0, 0.05) is 36.4 Å². The van der Waals surface area contributed by atoms with Gasteiger partial charge in [-0.1, -0.05) is 13.3 Å². The number of imidazole rings is 1. The van der Waals surface area contributed by atoms with E-state index in [0.717, 1.165) is 19.6 Å². The van der Waals surface area contributed by atoms with Crippen LogP contribution in [0.25, 0.3) is 0 Å². The molecule has 4 heteroatoms. The summed E-state index contributed by atoms with van der Waals surface area (Å²) >= 11 is 0. The fraction of sp³-hybridized carbons (Fsp3) is 0.812. The zero-order valence-corrected chi connectivity index (χ0v) is 12.9. The molecule has 0 radical (unpaired) electrons. The Kier molecular flexibility index (Phi) is 4.13. The summed E-state index contributed by atoms with van der Waals surface area (Å²) in [6.07, 6.45) is 9.46. The fourth-order valence-electron chi connectivity index (χ4n) is 3.76. The van der Waals surface area contributed by atoms with Crippen molar-refractivity contribution in [3.63, 3.8) is 0 Å². The summed E-state index contributed by atoms with van der Waals surface area (Å²) < 4.78 is 2.40. The molecule has 0 aliphatic carbocycles. The number of aromatic nitrogens is 2. The van der Waals surface area contributed by atoms with Crippen LogP contribution in [0.5, 0.6) is 0 Å². The van der Waals surface area contributed by atoms with Crippen molar-refractivity contribution in [1.29, 1.82) is 0 Å². The van der Waals surface area contributed by atoms with Crippen LogP contribution in [0, 0.1) is 0 Å². The van der Waals surface area contributed by atoms with Gasteiger partial charge in [0.05, 0.1) is 6.33 Å². The fourth-order valence-corrected chi connectivity index (χ4v) is 3.76. The monoisotopic (exact) mass is 276 g/mol. The van der Waals surface area contributed by atoms with Crippen LogP contribution in [-0.4, -0.2) is 46.7 Å². The molecule has 1 aromatic heterocycles. The SMILES string of the molecule is CC(Cn1cncc1C1(C)CCNC1)N1CCCCC1. The molecular weight excluding hydrogens is 248 g/mol. The number of hydrogen-bond acceptors (Lipinski definition) is 3. The maximum Gasteiger partial charge on any atom is 0.0948 e. The van der Waals surface area contributed by atoms with Gasteiger partial charge in [-0.3, -0.25) is 4.90 Å². The van der Waals surface area contributed by atoms with Crippen LogP contribution in [0.4, 0.5) is 0 Å². The molecule has 3 rings (SSSR count). The Morgan fingerprint density at radius 2 is 2.15 bits per heavy atom. The van der Waals surface area contributed by atoms with E-state index in [-0.39, 0.29) is 5.41 Å². The van der Waals surface area contributed by atoms with Gasteiger partial charge in [-0.25, -0.2) is 4.98 Å². The lowest BCUT2D eigenvalue weighted by atomic mass is 9.86. The minimum atomic E-state index is 0.262. The van der Waals surface area contributed by atoms with Gasteiger partial charge in [-0.2, -0.15) is 0 Å². The lowest BCUT2D eigenvalue weighted by Crippen LogP contribution is -2.40. The second-order valence-electron chi connectivity index (χ2n) is 6.86. The topological polar surface area (TPSA) is 33.1 Å². The Balaban J connectivity index is 1.70. The predicted molar refractivity (Wildman–Crippen MR) is 82.0 cm³/mol. The van der Waals surface area contributed by atoms with Crippen molar-refractivity contribution in [2.24, 2.45) is 0 Å². The second kappa shape index (κ2) is 5.86. The van der Waals surface area contributed by atoms with Gasteiger partial charge in [0.2, 0.25) is 0 Å². The molecule has 0 aromatic carbocycles. The first-order valence-corrected chi connectivity index (χ1v) is 8.14. The molecule has 2 aliphatic heterocycles. The first-order chi connectivity index (χ1) is 9.69. The van der Waals surface area contributed by atoms with Crippen molar-refractivity contribution in [3.8, 4) is 0 Å². The molecule has 2 atom stereocenters. The Morgan fingerprint density at radius 3 is 2.85 bits per heavy atom. The molecule has 112 valence electrons. The van der Waals surface area contributed by atoms with E-state index >= 15 is 0 Å². The molecule has 2 fully saturated rings. The maximum atomic E-state index is 4.43. The number of nitrogens with one attached hydrogen (secondary N) is 1. The number of rotatable bonds is 4. The van der Waals surface area contributed by atoms with E-state index in [9.17, 15) is 0 Å². The normalized spacial score (nSPS) is 29.7. The molecule has 1 aromatic rings. The van der Waals surface area contributed by atoms with Crippen molar-refractivity contribution >= 4 is 0 Å². The van der Waals surface area contributed by atoms with Gasteiger partial charge in [-0.05, 0) is 45.8 Å². The van der Waals surface area contributed by atoms with E-state index in [1.807, 2.05) is 6.33 Å². The predicted octanol–water partition coefficient (Wildman–Crippen LogP) is 2.01. The van der Waals surface area contributed by atoms with Crippen LogP contribution in [0.15, 0.2) is 12.5 Å². The Morgan fingerprint density at radius 1 is 1.35 bits per heavy atom. The minimum Gasteiger partial charge on any atom is -0.332 e. The van der Waals surface area contributed by atoms with Crippen molar-refractivity contribution in [1.82, 2.24) is 19.8 Å². The van der Waals surface area contributed by atoms with E-state index in [1.54, 1.807) is 0 Å². The highest BCUT2D eigenvalue weighted by Gasteiger charge is 2.33. The van der Waals surface area contributed by atoms with Gasteiger partial charge in [0.25, 0.3) is 0 Å². The molecule has 2 saturated heterocycles. The molecule has 0 saturated carbocycles. The average Bonchev–Trinajstić information content (AvgIpc) is 3.10. The molecule has 20 heavy (non-hydrogen) atoms. The number of nitrogens with zero attached hydrogens (tertiary/aromatic N) is 3. The molecule has 0 amide bonds. The highest BCUT2D eigenvalue weighted by molar-refractivity contribution is 5.17. The van der Waals surface area contributed by atoms with Crippen molar-refractivity contribution in [3.05, 3.63) is 18.2 Å². The van der Waals surface area contributed by atoms with E-state index in [0.29, 0.717) is 6.04 Å². The molecule has 1 N–H and O–H groups in total. The zero-order valence-electron chi connectivity index (χ0n) is 12.9. The van der Waals surface area contributed by atoms with Crippen molar-refractivity contribution in [2.45, 2.75) is 57.5 Å². The second-order valence-corrected chi connectivity index (χ2v) is 6.86. The molecule has 4 nitrogen and oxygen atoms in total. The summed E-state index contributed by atoms with van der Waals surface area (Å²) in [6, 6.07) is 0.612. The van der Waals surface area contributed by atoms with Crippen LogP contribution in [-0.2, 0) is 12.0 Å². The number of piperidine rings is 1. The lowest BCUT2D eigenvalue weighted by Gasteiger charge is -2.34. The Hall–Kier alpha value is -0.870. The Bertz CT molecular complexity index is 427. The largest absolute Gasteiger partial charge is 0.332 e. The van der Waals surface area contributed by atoms with E-state index in [2.05, 4.69) is 39.8 Å². The molecular formula is C16H28N4. The molecule has 0 bridgehead atoms. The molecule has 3 heterocycles. The van der Waals surface area contributed by atoms with Crippen LogP contribution in [0.1, 0.15) is 45.2 Å². The smallest absolute Gasteiger partial charge is 0.0948 e. The minimum absolute atomic E-state index is 0.262. The van der Waals surface area contributed by atoms with E-state index in [1.165, 1.54) is 44.5 Å². The van der Waals surface area contributed by atoms with Gasteiger partial charge >= 0.3 is 0 Å². The quantitative estimate of drug-likeness (QED) is 0.913. The summed E-state index contributed by atoms with van der Waals surface area (Å²) in [4.78, 5) is 7.07.